The summed E-state index contributed by atoms with van der Waals surface area (Å²) in [5, 5.41) is 22.4. The van der Waals surface area contributed by atoms with Crippen molar-refractivity contribution < 1.29 is 27.9 Å². The third kappa shape index (κ3) is 4.77. The van der Waals surface area contributed by atoms with E-state index in [-0.39, 0.29) is 41.9 Å². The van der Waals surface area contributed by atoms with Crippen molar-refractivity contribution in [3.63, 3.8) is 0 Å². The van der Waals surface area contributed by atoms with Crippen LogP contribution in [0.2, 0.25) is 0 Å². The number of aliphatic hydroxyl groups is 1. The van der Waals surface area contributed by atoms with E-state index in [1.165, 1.54) is 42.0 Å². The second kappa shape index (κ2) is 9.27. The maximum Gasteiger partial charge on any atom is 0.422 e. The van der Waals surface area contributed by atoms with Gasteiger partial charge < -0.3 is 19.3 Å². The average molecular weight is 451 g/mol. The molecule has 7 nitrogen and oxygen atoms in total. The number of ether oxygens (including phenoxy) is 1. The van der Waals surface area contributed by atoms with E-state index in [1.807, 2.05) is 6.07 Å². The van der Waals surface area contributed by atoms with Crippen LogP contribution in [0.5, 0.6) is 0 Å². The fourth-order valence-corrected chi connectivity index (χ4v) is 3.68. The molecule has 1 aromatic heterocycles. The van der Waals surface area contributed by atoms with Crippen molar-refractivity contribution in [2.75, 3.05) is 33.9 Å². The molecule has 0 saturated heterocycles. The summed E-state index contributed by atoms with van der Waals surface area (Å²) in [6, 6.07) is 12.6. The molecule has 3 rings (SSSR count). The number of nitro benzene ring substituents is 1. The van der Waals surface area contributed by atoms with Gasteiger partial charge in [-0.05, 0) is 18.7 Å². The molecule has 172 valence electrons. The van der Waals surface area contributed by atoms with Crippen LogP contribution in [-0.4, -0.2) is 59.5 Å². The summed E-state index contributed by atoms with van der Waals surface area (Å²) in [7, 11) is 2.90. The molecule has 3 aromatic rings. The van der Waals surface area contributed by atoms with Crippen LogP contribution in [0.15, 0.2) is 54.7 Å². The molecule has 0 bridgehead atoms. The number of nitrogens with zero attached hydrogens (tertiary/aromatic N) is 3. The van der Waals surface area contributed by atoms with E-state index in [0.29, 0.717) is 0 Å². The number of rotatable bonds is 9. The number of alkyl halides is 3. The topological polar surface area (TPSA) is 80.8 Å². The number of fused-ring (bicyclic) bond motifs is 1. The first-order valence-electron chi connectivity index (χ1n) is 9.85. The van der Waals surface area contributed by atoms with Crippen molar-refractivity contribution >= 4 is 16.6 Å². The number of nitro groups is 1. The molecule has 0 saturated carbocycles. The zero-order valence-corrected chi connectivity index (χ0v) is 17.7. The van der Waals surface area contributed by atoms with E-state index in [1.54, 1.807) is 24.3 Å². The Hall–Kier alpha value is -2.95. The molecule has 0 aliphatic rings. The lowest BCUT2D eigenvalue weighted by Crippen LogP contribution is -2.50. The number of hydrogen-bond acceptors (Lipinski definition) is 5. The fourth-order valence-electron chi connectivity index (χ4n) is 3.68. The van der Waals surface area contributed by atoms with Gasteiger partial charge in [-0.3, -0.25) is 10.1 Å². The van der Waals surface area contributed by atoms with Crippen molar-refractivity contribution in [3.05, 3.63) is 76.0 Å². The zero-order valence-electron chi connectivity index (χ0n) is 17.7. The minimum absolute atomic E-state index is 0.103. The molecule has 0 spiro atoms. The summed E-state index contributed by atoms with van der Waals surface area (Å²) in [6.07, 6.45) is -3.75. The monoisotopic (exact) mass is 451 g/mol. The summed E-state index contributed by atoms with van der Waals surface area (Å²) >= 11 is 0. The molecular weight excluding hydrogens is 427 g/mol. The fraction of sp³-hybridized carbons (Fsp3) is 0.364. The normalized spacial score (nSPS) is 14.1. The maximum absolute atomic E-state index is 14.2. The van der Waals surface area contributed by atoms with E-state index in [9.17, 15) is 28.4 Å². The largest absolute Gasteiger partial charge is 0.422 e. The van der Waals surface area contributed by atoms with Crippen LogP contribution < -0.4 is 0 Å². The highest BCUT2D eigenvalue weighted by molar-refractivity contribution is 5.87. The first-order chi connectivity index (χ1) is 15.1. The zero-order chi connectivity index (χ0) is 23.5. The first kappa shape index (κ1) is 23.7. The number of non-ortho nitro benzene ring substituents is 1. The lowest BCUT2D eigenvalue weighted by Gasteiger charge is -2.34. The number of benzene rings is 2. The van der Waals surface area contributed by atoms with Gasteiger partial charge in [0.15, 0.2) is 0 Å². The number of likely N-dealkylation sites (N-methyl/N-ethyl adjacent to an activating group) is 1. The van der Waals surface area contributed by atoms with Crippen LogP contribution in [0.4, 0.5) is 18.9 Å². The molecular formula is C22H24F3N3O4. The van der Waals surface area contributed by atoms with Gasteiger partial charge >= 0.3 is 6.18 Å². The first-order valence-corrected chi connectivity index (χ1v) is 9.85. The Labute approximate surface area is 182 Å². The molecule has 1 atom stereocenters. The second-order valence-electron chi connectivity index (χ2n) is 7.70. The van der Waals surface area contributed by atoms with Crippen molar-refractivity contribution in [1.29, 1.82) is 0 Å². The van der Waals surface area contributed by atoms with Crippen LogP contribution >= 0.6 is 0 Å². The molecule has 1 unspecified atom stereocenters. The van der Waals surface area contributed by atoms with Crippen LogP contribution in [0.1, 0.15) is 11.1 Å². The molecule has 1 heterocycles. The predicted molar refractivity (Wildman–Crippen MR) is 113 cm³/mol. The van der Waals surface area contributed by atoms with E-state index in [0.717, 1.165) is 11.6 Å². The maximum atomic E-state index is 14.2. The second-order valence-corrected chi connectivity index (χ2v) is 7.70. The molecule has 0 aliphatic carbocycles. The van der Waals surface area contributed by atoms with E-state index in [4.69, 9.17) is 4.74 Å². The standard InChI is InChI=1S/C22H24F3N3O4/c1-26(10-11-32-2)15-21(29,22(23,24)25)19-14-27(13-16-6-4-3-5-7-16)20-12-17(28(30)31)8-9-18(19)20/h3-9,12,14,29H,10-11,13,15H2,1-2H3. The van der Waals surface area contributed by atoms with Crippen molar-refractivity contribution in [1.82, 2.24) is 9.47 Å². The Morgan fingerprint density at radius 1 is 1.19 bits per heavy atom. The molecule has 0 amide bonds. The molecule has 0 fully saturated rings. The average Bonchev–Trinajstić information content (AvgIpc) is 3.10. The summed E-state index contributed by atoms with van der Waals surface area (Å²) in [4.78, 5) is 12.0. The Bertz CT molecular complexity index is 1090. The summed E-state index contributed by atoms with van der Waals surface area (Å²) in [6.45, 7) is -0.150. The summed E-state index contributed by atoms with van der Waals surface area (Å²) < 4.78 is 49.1. The predicted octanol–water partition coefficient (Wildman–Crippen LogP) is 3.93. The molecule has 2 aromatic carbocycles. The van der Waals surface area contributed by atoms with Gasteiger partial charge in [0.05, 0.1) is 17.0 Å². The third-order valence-electron chi connectivity index (χ3n) is 5.36. The molecule has 1 N–H and O–H groups in total. The highest BCUT2D eigenvalue weighted by Gasteiger charge is 2.56. The lowest BCUT2D eigenvalue weighted by atomic mass is 9.92. The van der Waals surface area contributed by atoms with Crippen molar-refractivity contribution in [3.8, 4) is 0 Å². The van der Waals surface area contributed by atoms with Gasteiger partial charge in [0, 0.05) is 56.0 Å². The van der Waals surface area contributed by atoms with Gasteiger partial charge in [-0.1, -0.05) is 30.3 Å². The quantitative estimate of drug-likeness (QED) is 0.394. The van der Waals surface area contributed by atoms with E-state index >= 15 is 0 Å². The Balaban J connectivity index is 2.17. The van der Waals surface area contributed by atoms with Gasteiger partial charge in [0.1, 0.15) is 0 Å². The smallest absolute Gasteiger partial charge is 0.383 e. The molecule has 0 aliphatic heterocycles. The van der Waals surface area contributed by atoms with Crippen LogP contribution in [0, 0.1) is 10.1 Å². The van der Waals surface area contributed by atoms with Gasteiger partial charge in [-0.25, -0.2) is 0 Å². The van der Waals surface area contributed by atoms with Crippen molar-refractivity contribution in [2.45, 2.75) is 18.3 Å². The van der Waals surface area contributed by atoms with Crippen LogP contribution in [0.3, 0.4) is 0 Å². The van der Waals surface area contributed by atoms with Crippen molar-refractivity contribution in [2.24, 2.45) is 0 Å². The van der Waals surface area contributed by atoms with Gasteiger partial charge in [-0.2, -0.15) is 13.2 Å². The Morgan fingerprint density at radius 3 is 2.47 bits per heavy atom. The summed E-state index contributed by atoms with van der Waals surface area (Å²) in [5.41, 5.74) is -2.75. The molecule has 10 heteroatoms. The van der Waals surface area contributed by atoms with Gasteiger partial charge in [0.2, 0.25) is 5.60 Å². The number of aromatic nitrogens is 1. The van der Waals surface area contributed by atoms with Crippen LogP contribution in [-0.2, 0) is 16.9 Å². The highest BCUT2D eigenvalue weighted by atomic mass is 19.4. The van der Waals surface area contributed by atoms with E-state index < -0.39 is 23.2 Å². The Kier molecular flexibility index (Phi) is 6.87. The van der Waals surface area contributed by atoms with Gasteiger partial charge in [0.25, 0.3) is 5.69 Å². The summed E-state index contributed by atoms with van der Waals surface area (Å²) in [5.74, 6) is 0. The third-order valence-corrected chi connectivity index (χ3v) is 5.36. The minimum atomic E-state index is -4.98. The van der Waals surface area contributed by atoms with Gasteiger partial charge in [-0.15, -0.1) is 0 Å². The number of halogens is 3. The van der Waals surface area contributed by atoms with Crippen LogP contribution in [0.25, 0.3) is 10.9 Å². The minimum Gasteiger partial charge on any atom is -0.383 e. The number of hydrogen-bond donors (Lipinski definition) is 1. The molecule has 32 heavy (non-hydrogen) atoms. The highest BCUT2D eigenvalue weighted by Crippen LogP contribution is 2.43. The lowest BCUT2D eigenvalue weighted by molar-refractivity contribution is -0.384. The number of methoxy groups -OCH3 is 1. The Morgan fingerprint density at radius 2 is 1.88 bits per heavy atom. The molecule has 0 radical (unpaired) electrons. The van der Waals surface area contributed by atoms with E-state index in [2.05, 4.69) is 0 Å². The SMILES string of the molecule is COCCN(C)CC(O)(c1cn(Cc2ccccc2)c2cc([N+](=O)[O-])ccc12)C(F)(F)F.